The van der Waals surface area contributed by atoms with Gasteiger partial charge in [-0.05, 0) is 37.0 Å². The highest BCUT2D eigenvalue weighted by Gasteiger charge is 2.30. The minimum absolute atomic E-state index is 0.00312. The van der Waals surface area contributed by atoms with Crippen LogP contribution in [0, 0.1) is 17.8 Å². The van der Waals surface area contributed by atoms with Crippen LogP contribution in [0.5, 0.6) is 0 Å². The Morgan fingerprint density at radius 3 is 2.70 bits per heavy atom. The molecule has 0 spiro atoms. The SMILES string of the molecule is C=C[C@@H](C[C@H](O)[C@@H](CC1CCCCC1)c1ncc(CCC(N)=O)[nH]1)C(C)C. The molecule has 1 heterocycles. The lowest BCUT2D eigenvalue weighted by Gasteiger charge is -2.30. The average molecular weight is 376 g/mol. The number of aliphatic hydroxyl groups excluding tert-OH is 1. The summed E-state index contributed by atoms with van der Waals surface area (Å²) >= 11 is 0. The van der Waals surface area contributed by atoms with E-state index in [1.54, 1.807) is 6.20 Å². The van der Waals surface area contributed by atoms with Crippen LogP contribution in [0.1, 0.15) is 82.7 Å². The standard InChI is InChI=1S/C22H37N3O2/c1-4-17(15(2)3)13-20(26)19(12-16-8-6-5-7-9-16)22-24-14-18(25-22)10-11-21(23)27/h4,14-17,19-20,26H,1,5-13H2,2-3H3,(H2,23,27)(H,24,25)/t17-,19+,20-/m0/s1. The number of rotatable bonds is 11. The van der Waals surface area contributed by atoms with Crippen molar-refractivity contribution in [1.29, 1.82) is 0 Å². The van der Waals surface area contributed by atoms with Crippen LogP contribution in [0.25, 0.3) is 0 Å². The zero-order valence-corrected chi connectivity index (χ0v) is 17.0. The second-order valence-corrected chi connectivity index (χ2v) is 8.55. The van der Waals surface area contributed by atoms with Crippen LogP contribution >= 0.6 is 0 Å². The molecule has 2 rings (SSSR count). The summed E-state index contributed by atoms with van der Waals surface area (Å²) in [5.41, 5.74) is 6.17. The van der Waals surface area contributed by atoms with Gasteiger partial charge in [0.25, 0.3) is 0 Å². The topological polar surface area (TPSA) is 92.0 Å². The number of aryl methyl sites for hydroxylation is 1. The first-order valence-electron chi connectivity index (χ1n) is 10.5. The van der Waals surface area contributed by atoms with E-state index in [-0.39, 0.29) is 17.7 Å². The molecule has 0 bridgehead atoms. The third-order valence-electron chi connectivity index (χ3n) is 6.09. The van der Waals surface area contributed by atoms with Crippen LogP contribution in [0.3, 0.4) is 0 Å². The highest BCUT2D eigenvalue weighted by atomic mass is 16.3. The second-order valence-electron chi connectivity index (χ2n) is 8.55. The van der Waals surface area contributed by atoms with Crippen LogP contribution < -0.4 is 5.73 Å². The van der Waals surface area contributed by atoms with Crippen molar-refractivity contribution in [3.8, 4) is 0 Å². The van der Waals surface area contributed by atoms with Gasteiger partial charge in [-0.15, -0.1) is 6.58 Å². The number of nitrogens with one attached hydrogen (secondary N) is 1. The maximum Gasteiger partial charge on any atom is 0.217 e. The molecule has 1 amide bonds. The predicted octanol–water partition coefficient (Wildman–Crippen LogP) is 4.09. The van der Waals surface area contributed by atoms with Crippen LogP contribution in [0.2, 0.25) is 0 Å². The molecule has 0 saturated heterocycles. The van der Waals surface area contributed by atoms with Gasteiger partial charge in [0.1, 0.15) is 5.82 Å². The van der Waals surface area contributed by atoms with Gasteiger partial charge in [-0.2, -0.15) is 0 Å². The maximum atomic E-state index is 11.1. The van der Waals surface area contributed by atoms with E-state index in [4.69, 9.17) is 5.73 Å². The van der Waals surface area contributed by atoms with Crippen molar-refractivity contribution in [2.45, 2.75) is 83.7 Å². The van der Waals surface area contributed by atoms with Gasteiger partial charge >= 0.3 is 0 Å². The summed E-state index contributed by atoms with van der Waals surface area (Å²) in [5, 5.41) is 11.1. The molecular formula is C22H37N3O2. The van der Waals surface area contributed by atoms with Crippen LogP contribution in [-0.2, 0) is 11.2 Å². The van der Waals surface area contributed by atoms with E-state index in [0.29, 0.717) is 31.1 Å². The zero-order chi connectivity index (χ0) is 19.8. The number of aromatic amines is 1. The van der Waals surface area contributed by atoms with E-state index in [1.807, 2.05) is 6.08 Å². The van der Waals surface area contributed by atoms with Crippen molar-refractivity contribution in [3.05, 3.63) is 30.4 Å². The molecule has 0 aliphatic heterocycles. The quantitative estimate of drug-likeness (QED) is 0.509. The summed E-state index contributed by atoms with van der Waals surface area (Å²) in [7, 11) is 0. The predicted molar refractivity (Wildman–Crippen MR) is 109 cm³/mol. The number of hydrogen-bond acceptors (Lipinski definition) is 3. The molecule has 1 aromatic heterocycles. The van der Waals surface area contributed by atoms with Gasteiger partial charge < -0.3 is 15.8 Å². The molecule has 1 aliphatic carbocycles. The van der Waals surface area contributed by atoms with Gasteiger partial charge in [0, 0.05) is 24.2 Å². The zero-order valence-electron chi connectivity index (χ0n) is 17.0. The number of carbonyl (C=O) groups excluding carboxylic acids is 1. The number of allylic oxidation sites excluding steroid dienone is 1. The van der Waals surface area contributed by atoms with Gasteiger partial charge in [-0.25, -0.2) is 4.98 Å². The Kier molecular flexibility index (Phi) is 8.55. The van der Waals surface area contributed by atoms with E-state index in [0.717, 1.165) is 17.9 Å². The van der Waals surface area contributed by atoms with Gasteiger partial charge in [0.05, 0.1) is 6.10 Å². The fourth-order valence-electron chi connectivity index (χ4n) is 4.27. The first-order chi connectivity index (χ1) is 12.9. The minimum atomic E-state index is -0.451. The molecule has 5 nitrogen and oxygen atoms in total. The number of hydrogen-bond donors (Lipinski definition) is 3. The molecule has 0 aromatic carbocycles. The van der Waals surface area contributed by atoms with Crippen LogP contribution in [-0.4, -0.2) is 27.1 Å². The van der Waals surface area contributed by atoms with E-state index in [2.05, 4.69) is 30.4 Å². The number of primary amides is 1. The summed E-state index contributed by atoms with van der Waals surface area (Å²) < 4.78 is 0. The number of H-pyrrole nitrogens is 1. The van der Waals surface area contributed by atoms with Crippen molar-refractivity contribution < 1.29 is 9.90 Å². The number of nitrogens with two attached hydrogens (primary N) is 1. The smallest absolute Gasteiger partial charge is 0.217 e. The molecular weight excluding hydrogens is 338 g/mol. The number of amides is 1. The lowest BCUT2D eigenvalue weighted by atomic mass is 9.78. The van der Waals surface area contributed by atoms with Crippen molar-refractivity contribution >= 4 is 5.91 Å². The molecule has 27 heavy (non-hydrogen) atoms. The maximum absolute atomic E-state index is 11.1. The molecule has 1 aromatic rings. The van der Waals surface area contributed by atoms with E-state index in [9.17, 15) is 9.90 Å². The first kappa shape index (κ1) is 21.7. The molecule has 152 valence electrons. The highest BCUT2D eigenvalue weighted by molar-refractivity contribution is 5.73. The molecule has 5 heteroatoms. The number of imidazole rings is 1. The summed E-state index contributed by atoms with van der Waals surface area (Å²) in [5.74, 6) is 1.93. The van der Waals surface area contributed by atoms with Crippen molar-refractivity contribution in [2.24, 2.45) is 23.5 Å². The van der Waals surface area contributed by atoms with Crippen molar-refractivity contribution in [1.82, 2.24) is 9.97 Å². The Labute approximate surface area is 163 Å². The van der Waals surface area contributed by atoms with Gasteiger partial charge in [-0.3, -0.25) is 4.79 Å². The number of aliphatic hydroxyl groups is 1. The molecule has 0 unspecified atom stereocenters. The van der Waals surface area contributed by atoms with E-state index >= 15 is 0 Å². The molecule has 4 N–H and O–H groups in total. The Morgan fingerprint density at radius 1 is 1.41 bits per heavy atom. The molecule has 3 atom stereocenters. The first-order valence-corrected chi connectivity index (χ1v) is 10.5. The van der Waals surface area contributed by atoms with E-state index < -0.39 is 6.10 Å². The fourth-order valence-corrected chi connectivity index (χ4v) is 4.27. The lowest BCUT2D eigenvalue weighted by Crippen LogP contribution is -2.27. The molecule has 0 radical (unpaired) electrons. The monoisotopic (exact) mass is 375 g/mol. The fraction of sp³-hybridized carbons (Fsp3) is 0.727. The van der Waals surface area contributed by atoms with Crippen LogP contribution in [0.15, 0.2) is 18.9 Å². The Hall–Kier alpha value is -1.62. The van der Waals surface area contributed by atoms with Crippen molar-refractivity contribution in [2.75, 3.05) is 0 Å². The second kappa shape index (κ2) is 10.6. The van der Waals surface area contributed by atoms with Gasteiger partial charge in [0.2, 0.25) is 5.91 Å². The largest absolute Gasteiger partial charge is 0.392 e. The van der Waals surface area contributed by atoms with E-state index in [1.165, 1.54) is 32.1 Å². The summed E-state index contributed by atoms with van der Waals surface area (Å²) in [6.07, 6.45) is 12.2. The molecule has 1 fully saturated rings. The molecule has 1 aliphatic rings. The Balaban J connectivity index is 2.12. The third-order valence-corrected chi connectivity index (χ3v) is 6.09. The van der Waals surface area contributed by atoms with Gasteiger partial charge in [0.15, 0.2) is 0 Å². The summed E-state index contributed by atoms with van der Waals surface area (Å²) in [4.78, 5) is 19.0. The van der Waals surface area contributed by atoms with Gasteiger partial charge in [-0.1, -0.05) is 52.0 Å². The average Bonchev–Trinajstić information content (AvgIpc) is 3.11. The number of aromatic nitrogens is 2. The number of carbonyl (C=O) groups is 1. The lowest BCUT2D eigenvalue weighted by molar-refractivity contribution is -0.118. The normalized spacial score (nSPS) is 19.0. The highest BCUT2D eigenvalue weighted by Crippen LogP contribution is 2.36. The van der Waals surface area contributed by atoms with Crippen LogP contribution in [0.4, 0.5) is 0 Å². The Bertz CT molecular complexity index is 590. The number of nitrogens with zero attached hydrogens (tertiary/aromatic N) is 1. The van der Waals surface area contributed by atoms with Crippen molar-refractivity contribution in [3.63, 3.8) is 0 Å². The Morgan fingerprint density at radius 2 is 2.11 bits per heavy atom. The third kappa shape index (κ3) is 6.80. The molecule has 1 saturated carbocycles. The summed E-state index contributed by atoms with van der Waals surface area (Å²) in [6, 6.07) is 0. The minimum Gasteiger partial charge on any atom is -0.392 e. The summed E-state index contributed by atoms with van der Waals surface area (Å²) in [6.45, 7) is 8.29.